The molecule has 1 atom stereocenters. The number of carbonyl (C=O) groups excluding carboxylic acids is 1. The number of hydrogen-bond acceptors (Lipinski definition) is 2. The molecule has 0 aromatic heterocycles. The maximum atomic E-state index is 12.3. The maximum Gasteiger partial charge on any atom is 0.168 e. The van der Waals surface area contributed by atoms with E-state index in [0.717, 1.165) is 24.8 Å². The van der Waals surface area contributed by atoms with Crippen LogP contribution in [0.15, 0.2) is 18.2 Å². The minimum absolute atomic E-state index is 0.0893. The van der Waals surface area contributed by atoms with Crippen molar-refractivity contribution < 1.29 is 9.53 Å². The topological polar surface area (TPSA) is 26.3 Å². The molecule has 0 N–H and O–H groups in total. The van der Waals surface area contributed by atoms with E-state index in [1.807, 2.05) is 6.92 Å². The summed E-state index contributed by atoms with van der Waals surface area (Å²) in [5.74, 6) is 0.0893. The number of carbonyl (C=O) groups is 1. The minimum atomic E-state index is -0.652. The van der Waals surface area contributed by atoms with Crippen LogP contribution in [0.2, 0.25) is 10.0 Å². The summed E-state index contributed by atoms with van der Waals surface area (Å²) in [5, 5.41) is 1.12. The quantitative estimate of drug-likeness (QED) is 0.837. The van der Waals surface area contributed by atoms with Crippen LogP contribution in [0.3, 0.4) is 0 Å². The van der Waals surface area contributed by atoms with Gasteiger partial charge in [0.2, 0.25) is 0 Å². The number of hydrogen-bond donors (Lipinski definition) is 0. The second-order valence-electron chi connectivity index (χ2n) is 4.87. The molecule has 1 aromatic rings. The largest absolute Gasteiger partial charge is 0.367 e. The third kappa shape index (κ3) is 3.05. The number of halogens is 2. The van der Waals surface area contributed by atoms with Crippen molar-refractivity contribution in [3.63, 3.8) is 0 Å². The molecule has 1 aliphatic heterocycles. The van der Waals surface area contributed by atoms with Crippen LogP contribution in [-0.4, -0.2) is 18.0 Å². The highest BCUT2D eigenvalue weighted by Crippen LogP contribution is 2.28. The average Bonchev–Trinajstić information content (AvgIpc) is 2.33. The molecular weight excluding hydrogens is 271 g/mol. The van der Waals surface area contributed by atoms with Crippen molar-refractivity contribution in [2.75, 3.05) is 6.61 Å². The predicted molar refractivity (Wildman–Crippen MR) is 73.4 cm³/mol. The molecular formula is C14H16Cl2O2. The van der Waals surface area contributed by atoms with Crippen LogP contribution in [-0.2, 0) is 16.0 Å². The van der Waals surface area contributed by atoms with Crippen molar-refractivity contribution in [3.8, 4) is 0 Å². The monoisotopic (exact) mass is 286 g/mol. The molecule has 1 unspecified atom stereocenters. The highest BCUT2D eigenvalue weighted by Gasteiger charge is 2.35. The Labute approximate surface area is 117 Å². The molecule has 1 heterocycles. The number of Topliss-reactive ketones (excluding diaryl/α,β-unsaturated/α-hetero) is 1. The van der Waals surface area contributed by atoms with Crippen LogP contribution in [0.25, 0.3) is 0 Å². The summed E-state index contributed by atoms with van der Waals surface area (Å²) in [6.45, 7) is 2.54. The van der Waals surface area contributed by atoms with Gasteiger partial charge in [0, 0.05) is 23.1 Å². The first-order valence-electron chi connectivity index (χ1n) is 6.12. The molecule has 18 heavy (non-hydrogen) atoms. The van der Waals surface area contributed by atoms with Crippen molar-refractivity contribution in [3.05, 3.63) is 33.8 Å². The predicted octanol–water partition coefficient (Wildman–Crippen LogP) is 4.06. The normalized spacial score (nSPS) is 23.9. The molecule has 1 saturated heterocycles. The standard InChI is InChI=1S/C14H16Cl2O2/c1-14(6-2-3-7-18-14)13(17)8-10-4-5-11(15)9-12(10)16/h4-5,9H,2-3,6-8H2,1H3. The van der Waals surface area contributed by atoms with Crippen molar-refractivity contribution in [2.24, 2.45) is 0 Å². The van der Waals surface area contributed by atoms with Crippen LogP contribution in [0.1, 0.15) is 31.7 Å². The highest BCUT2D eigenvalue weighted by atomic mass is 35.5. The lowest BCUT2D eigenvalue weighted by atomic mass is 9.88. The van der Waals surface area contributed by atoms with E-state index >= 15 is 0 Å². The van der Waals surface area contributed by atoms with Crippen molar-refractivity contribution >= 4 is 29.0 Å². The Morgan fingerprint density at radius 1 is 1.39 bits per heavy atom. The molecule has 1 fully saturated rings. The molecule has 1 aliphatic rings. The molecule has 1 aromatic carbocycles. The van der Waals surface area contributed by atoms with E-state index in [4.69, 9.17) is 27.9 Å². The number of benzene rings is 1. The van der Waals surface area contributed by atoms with Gasteiger partial charge >= 0.3 is 0 Å². The Hall–Kier alpha value is -0.570. The Balaban J connectivity index is 2.11. The van der Waals surface area contributed by atoms with Gasteiger partial charge < -0.3 is 4.74 Å². The molecule has 98 valence electrons. The minimum Gasteiger partial charge on any atom is -0.367 e. The van der Waals surface area contributed by atoms with Crippen LogP contribution in [0, 0.1) is 0 Å². The summed E-state index contributed by atoms with van der Waals surface area (Å²) < 4.78 is 5.64. The van der Waals surface area contributed by atoms with Crippen molar-refractivity contribution in [1.29, 1.82) is 0 Å². The van der Waals surface area contributed by atoms with E-state index in [-0.39, 0.29) is 5.78 Å². The van der Waals surface area contributed by atoms with Crippen LogP contribution in [0.4, 0.5) is 0 Å². The van der Waals surface area contributed by atoms with Gasteiger partial charge in [0.1, 0.15) is 5.60 Å². The Morgan fingerprint density at radius 2 is 2.17 bits per heavy atom. The zero-order valence-corrected chi connectivity index (χ0v) is 11.9. The zero-order valence-electron chi connectivity index (χ0n) is 10.3. The SMILES string of the molecule is CC1(C(=O)Cc2ccc(Cl)cc2Cl)CCCCO1. The van der Waals surface area contributed by atoms with E-state index in [1.54, 1.807) is 18.2 Å². The first-order chi connectivity index (χ1) is 8.51. The highest BCUT2D eigenvalue weighted by molar-refractivity contribution is 6.35. The van der Waals surface area contributed by atoms with Gasteiger partial charge in [0.25, 0.3) is 0 Å². The van der Waals surface area contributed by atoms with Crippen molar-refractivity contribution in [2.45, 2.75) is 38.2 Å². The number of ketones is 1. The van der Waals surface area contributed by atoms with Crippen molar-refractivity contribution in [1.82, 2.24) is 0 Å². The second-order valence-corrected chi connectivity index (χ2v) is 5.72. The smallest absolute Gasteiger partial charge is 0.168 e. The fourth-order valence-corrected chi connectivity index (χ4v) is 2.65. The van der Waals surface area contributed by atoms with E-state index in [0.29, 0.717) is 23.1 Å². The van der Waals surface area contributed by atoms with Gasteiger partial charge in [-0.3, -0.25) is 4.79 Å². The lowest BCUT2D eigenvalue weighted by Gasteiger charge is -2.32. The summed E-state index contributed by atoms with van der Waals surface area (Å²) in [7, 11) is 0. The lowest BCUT2D eigenvalue weighted by Crippen LogP contribution is -2.42. The molecule has 0 aliphatic carbocycles. The van der Waals surface area contributed by atoms with E-state index in [1.165, 1.54) is 0 Å². The van der Waals surface area contributed by atoms with Crippen LogP contribution >= 0.6 is 23.2 Å². The first kappa shape index (κ1) is 13.9. The molecule has 0 radical (unpaired) electrons. The van der Waals surface area contributed by atoms with E-state index < -0.39 is 5.60 Å². The molecule has 0 amide bonds. The molecule has 0 bridgehead atoms. The summed E-state index contributed by atoms with van der Waals surface area (Å²) in [6.07, 6.45) is 3.16. The van der Waals surface area contributed by atoms with Crippen LogP contribution < -0.4 is 0 Å². The first-order valence-corrected chi connectivity index (χ1v) is 6.88. The van der Waals surface area contributed by atoms with Gasteiger partial charge in [0.15, 0.2) is 5.78 Å². The van der Waals surface area contributed by atoms with Gasteiger partial charge in [-0.15, -0.1) is 0 Å². The average molecular weight is 287 g/mol. The molecule has 2 rings (SSSR count). The number of ether oxygens (including phenoxy) is 1. The Morgan fingerprint density at radius 3 is 2.78 bits per heavy atom. The molecule has 0 spiro atoms. The fraction of sp³-hybridized carbons (Fsp3) is 0.500. The Bertz CT molecular complexity index is 451. The lowest BCUT2D eigenvalue weighted by molar-refractivity contribution is -0.147. The van der Waals surface area contributed by atoms with Gasteiger partial charge in [-0.2, -0.15) is 0 Å². The van der Waals surface area contributed by atoms with Gasteiger partial charge in [-0.05, 0) is 43.9 Å². The summed E-state index contributed by atoms with van der Waals surface area (Å²) in [4.78, 5) is 12.3. The summed E-state index contributed by atoms with van der Waals surface area (Å²) >= 11 is 11.9. The summed E-state index contributed by atoms with van der Waals surface area (Å²) in [6, 6.07) is 5.21. The molecule has 0 saturated carbocycles. The third-order valence-electron chi connectivity index (χ3n) is 3.42. The fourth-order valence-electron chi connectivity index (χ4n) is 2.18. The maximum absolute atomic E-state index is 12.3. The van der Waals surface area contributed by atoms with Gasteiger partial charge in [0.05, 0.1) is 0 Å². The summed E-state index contributed by atoms with van der Waals surface area (Å²) in [5.41, 5.74) is 0.155. The number of rotatable bonds is 3. The second kappa shape index (κ2) is 5.60. The Kier molecular flexibility index (Phi) is 4.31. The molecule has 2 nitrogen and oxygen atoms in total. The van der Waals surface area contributed by atoms with E-state index in [9.17, 15) is 4.79 Å². The zero-order chi connectivity index (χ0) is 13.2. The van der Waals surface area contributed by atoms with E-state index in [2.05, 4.69) is 0 Å². The van der Waals surface area contributed by atoms with Gasteiger partial charge in [-0.1, -0.05) is 29.3 Å². The van der Waals surface area contributed by atoms with Crippen LogP contribution in [0.5, 0.6) is 0 Å². The van der Waals surface area contributed by atoms with Gasteiger partial charge in [-0.25, -0.2) is 0 Å². The third-order valence-corrected chi connectivity index (χ3v) is 4.01. The molecule has 4 heteroatoms.